The Morgan fingerprint density at radius 3 is 2.50 bits per heavy atom. The summed E-state index contributed by atoms with van der Waals surface area (Å²) in [5.41, 5.74) is 1.03. The van der Waals surface area contributed by atoms with Crippen LogP contribution in [0.1, 0.15) is 57.7 Å². The second kappa shape index (κ2) is 7.72. The molecule has 1 aromatic carbocycles. The highest BCUT2D eigenvalue weighted by Crippen LogP contribution is 2.33. The maximum atomic E-state index is 12.7. The Hall–Kier alpha value is -2.63. The van der Waals surface area contributed by atoms with Crippen LogP contribution in [0, 0.1) is 5.92 Å². The van der Waals surface area contributed by atoms with Gasteiger partial charge in [-0.1, -0.05) is 38.1 Å². The highest BCUT2D eigenvalue weighted by Gasteiger charge is 2.35. The van der Waals surface area contributed by atoms with E-state index in [-0.39, 0.29) is 30.6 Å². The number of carboxylic acid groups (broad SMARTS) is 1. The zero-order chi connectivity index (χ0) is 19.5. The van der Waals surface area contributed by atoms with E-state index in [1.54, 1.807) is 18.0 Å². The van der Waals surface area contributed by atoms with Crippen molar-refractivity contribution in [3.05, 3.63) is 41.6 Å². The summed E-state index contributed by atoms with van der Waals surface area (Å²) in [6, 6.07) is 7.23. The predicted molar refractivity (Wildman–Crippen MR) is 99.0 cm³/mol. The number of rotatable bonds is 6. The lowest BCUT2D eigenvalue weighted by molar-refractivity contribution is -0.139. The first-order chi connectivity index (χ1) is 12.1. The number of carbonyl (C=O) groups excluding carboxylic acids is 2. The van der Waals surface area contributed by atoms with Gasteiger partial charge in [0.25, 0.3) is 0 Å². The Labute approximate surface area is 153 Å². The number of benzene rings is 1. The summed E-state index contributed by atoms with van der Waals surface area (Å²) in [7, 11) is 0. The van der Waals surface area contributed by atoms with Gasteiger partial charge in [0.2, 0.25) is 11.8 Å². The molecule has 1 aliphatic rings. The summed E-state index contributed by atoms with van der Waals surface area (Å²) >= 11 is 0. The van der Waals surface area contributed by atoms with E-state index in [1.807, 2.05) is 44.2 Å². The van der Waals surface area contributed by atoms with Crippen LogP contribution in [-0.2, 0) is 14.4 Å². The molecular formula is C20H26N2O4. The lowest BCUT2D eigenvalue weighted by Crippen LogP contribution is -2.52. The molecule has 0 saturated carbocycles. The molecule has 0 bridgehead atoms. The van der Waals surface area contributed by atoms with Crippen molar-refractivity contribution < 1.29 is 19.5 Å². The molecule has 1 heterocycles. The van der Waals surface area contributed by atoms with Crippen LogP contribution in [0.15, 0.2) is 30.5 Å². The fourth-order valence-electron chi connectivity index (χ4n) is 3.17. The van der Waals surface area contributed by atoms with Crippen LogP contribution in [0.2, 0.25) is 0 Å². The minimum atomic E-state index is -0.960. The molecule has 6 heteroatoms. The molecule has 26 heavy (non-hydrogen) atoms. The SMILES string of the molecule is CC(=O)N1C=Cc2ccccc2C1CC(=O)NC(C)(CC(=O)O)C(C)C. The minimum Gasteiger partial charge on any atom is -0.481 e. The second-order valence-corrected chi connectivity index (χ2v) is 7.28. The van der Waals surface area contributed by atoms with Crippen LogP contribution >= 0.6 is 0 Å². The van der Waals surface area contributed by atoms with Crippen molar-refractivity contribution in [3.63, 3.8) is 0 Å². The molecule has 6 nitrogen and oxygen atoms in total. The van der Waals surface area contributed by atoms with Gasteiger partial charge in [-0.15, -0.1) is 0 Å². The lowest BCUT2D eigenvalue weighted by Gasteiger charge is -2.36. The number of hydrogen-bond donors (Lipinski definition) is 2. The number of nitrogens with zero attached hydrogens (tertiary/aromatic N) is 1. The van der Waals surface area contributed by atoms with E-state index in [2.05, 4.69) is 5.32 Å². The molecule has 0 aromatic heterocycles. The molecule has 0 saturated heterocycles. The quantitative estimate of drug-likeness (QED) is 0.818. The molecule has 140 valence electrons. The first-order valence-electron chi connectivity index (χ1n) is 8.73. The van der Waals surface area contributed by atoms with Crippen LogP contribution in [0.4, 0.5) is 0 Å². The zero-order valence-corrected chi connectivity index (χ0v) is 15.7. The van der Waals surface area contributed by atoms with Gasteiger partial charge in [0.05, 0.1) is 18.9 Å². The van der Waals surface area contributed by atoms with Gasteiger partial charge in [0, 0.05) is 18.7 Å². The van der Waals surface area contributed by atoms with Gasteiger partial charge in [-0.25, -0.2) is 0 Å². The standard InChI is InChI=1S/C20H26N2O4/c1-13(2)20(4,12-19(25)26)21-18(24)11-17-16-8-6-5-7-15(16)9-10-22(17)14(3)23/h5-10,13,17H,11-12H2,1-4H3,(H,21,24)(H,25,26). The largest absolute Gasteiger partial charge is 0.481 e. The molecule has 0 aliphatic carbocycles. The number of nitrogens with one attached hydrogen (secondary N) is 1. The van der Waals surface area contributed by atoms with Crippen LogP contribution < -0.4 is 5.32 Å². The van der Waals surface area contributed by atoms with E-state index in [0.717, 1.165) is 11.1 Å². The molecule has 1 aromatic rings. The Morgan fingerprint density at radius 2 is 1.92 bits per heavy atom. The number of carboxylic acids is 1. The van der Waals surface area contributed by atoms with Crippen molar-refractivity contribution in [2.45, 2.75) is 52.1 Å². The summed E-state index contributed by atoms with van der Waals surface area (Å²) in [4.78, 5) is 37.5. The third-order valence-electron chi connectivity index (χ3n) is 5.07. The van der Waals surface area contributed by atoms with E-state index >= 15 is 0 Å². The first-order valence-corrected chi connectivity index (χ1v) is 8.73. The van der Waals surface area contributed by atoms with Gasteiger partial charge in [-0.05, 0) is 30.0 Å². The summed E-state index contributed by atoms with van der Waals surface area (Å²) in [6.07, 6.45) is 3.46. The summed E-state index contributed by atoms with van der Waals surface area (Å²) in [6.45, 7) is 6.96. The number of aliphatic carboxylic acids is 1. The predicted octanol–water partition coefficient (Wildman–Crippen LogP) is 2.96. The lowest BCUT2D eigenvalue weighted by atomic mass is 9.84. The monoisotopic (exact) mass is 358 g/mol. The fraction of sp³-hybridized carbons (Fsp3) is 0.450. The Kier molecular flexibility index (Phi) is 5.85. The summed E-state index contributed by atoms with van der Waals surface area (Å²) in [5.74, 6) is -1.43. The first kappa shape index (κ1) is 19.7. The third kappa shape index (κ3) is 4.31. The van der Waals surface area contributed by atoms with Crippen LogP contribution in [0.3, 0.4) is 0 Å². The highest BCUT2D eigenvalue weighted by molar-refractivity contribution is 5.82. The molecule has 1 aliphatic heterocycles. The van der Waals surface area contributed by atoms with Crippen molar-refractivity contribution in [2.24, 2.45) is 5.92 Å². The van der Waals surface area contributed by atoms with Crippen molar-refractivity contribution >= 4 is 23.9 Å². The van der Waals surface area contributed by atoms with Gasteiger partial charge in [0.15, 0.2) is 0 Å². The van der Waals surface area contributed by atoms with Gasteiger partial charge >= 0.3 is 5.97 Å². The molecule has 0 radical (unpaired) electrons. The average Bonchev–Trinajstić information content (AvgIpc) is 2.53. The molecule has 0 fully saturated rings. The number of hydrogen-bond acceptors (Lipinski definition) is 3. The highest BCUT2D eigenvalue weighted by atomic mass is 16.4. The molecule has 0 spiro atoms. The Balaban J connectivity index is 2.24. The van der Waals surface area contributed by atoms with Crippen molar-refractivity contribution in [3.8, 4) is 0 Å². The van der Waals surface area contributed by atoms with Gasteiger partial charge in [0.1, 0.15) is 0 Å². The van der Waals surface area contributed by atoms with Crippen molar-refractivity contribution in [1.29, 1.82) is 0 Å². The Bertz CT molecular complexity index is 741. The van der Waals surface area contributed by atoms with E-state index in [4.69, 9.17) is 5.11 Å². The fourth-order valence-corrected chi connectivity index (χ4v) is 3.17. The maximum Gasteiger partial charge on any atom is 0.305 e. The summed E-state index contributed by atoms with van der Waals surface area (Å²) in [5, 5.41) is 12.0. The molecule has 2 atom stereocenters. The normalized spacial score (nSPS) is 18.2. The van der Waals surface area contributed by atoms with E-state index < -0.39 is 17.6 Å². The van der Waals surface area contributed by atoms with Crippen molar-refractivity contribution in [1.82, 2.24) is 10.2 Å². The number of fused-ring (bicyclic) bond motifs is 1. The topological polar surface area (TPSA) is 86.7 Å². The number of carbonyl (C=O) groups is 3. The molecule has 2 N–H and O–H groups in total. The van der Waals surface area contributed by atoms with Crippen LogP contribution in [0.5, 0.6) is 0 Å². The molecule has 2 rings (SSSR count). The van der Waals surface area contributed by atoms with E-state index in [9.17, 15) is 14.4 Å². The third-order valence-corrected chi connectivity index (χ3v) is 5.07. The molecule has 2 unspecified atom stereocenters. The maximum absolute atomic E-state index is 12.7. The number of amides is 2. The van der Waals surface area contributed by atoms with Gasteiger partial charge in [-0.2, -0.15) is 0 Å². The molecular weight excluding hydrogens is 332 g/mol. The van der Waals surface area contributed by atoms with Crippen LogP contribution in [-0.4, -0.2) is 33.3 Å². The second-order valence-electron chi connectivity index (χ2n) is 7.28. The zero-order valence-electron chi connectivity index (χ0n) is 15.7. The van der Waals surface area contributed by atoms with E-state index in [0.29, 0.717) is 0 Å². The average molecular weight is 358 g/mol. The summed E-state index contributed by atoms with van der Waals surface area (Å²) < 4.78 is 0. The minimum absolute atomic E-state index is 0.0509. The van der Waals surface area contributed by atoms with Crippen molar-refractivity contribution in [2.75, 3.05) is 0 Å². The smallest absolute Gasteiger partial charge is 0.305 e. The van der Waals surface area contributed by atoms with E-state index in [1.165, 1.54) is 6.92 Å². The molecule has 2 amide bonds. The Morgan fingerprint density at radius 1 is 1.27 bits per heavy atom. The van der Waals surface area contributed by atoms with Gasteiger partial charge in [-0.3, -0.25) is 14.4 Å². The van der Waals surface area contributed by atoms with Gasteiger partial charge < -0.3 is 15.3 Å². The van der Waals surface area contributed by atoms with Crippen LogP contribution in [0.25, 0.3) is 6.08 Å².